The molecule has 0 bridgehead atoms. The number of rotatable bonds is 4. The van der Waals surface area contributed by atoms with Crippen molar-refractivity contribution in [3.8, 4) is 0 Å². The minimum absolute atomic E-state index is 0.108. The fraction of sp³-hybridized carbons (Fsp3) is 0.667. The van der Waals surface area contributed by atoms with E-state index in [2.05, 4.69) is 15.2 Å². The Labute approximate surface area is 140 Å². The second kappa shape index (κ2) is 8.76. The van der Waals surface area contributed by atoms with Gasteiger partial charge in [-0.3, -0.25) is 14.5 Å². The number of nitrogens with one attached hydrogen (secondary N) is 1. The van der Waals surface area contributed by atoms with Crippen LogP contribution >= 0.6 is 0 Å². The first-order valence-corrected chi connectivity index (χ1v) is 7.90. The molecule has 3 rings (SSSR count). The lowest BCUT2D eigenvalue weighted by Gasteiger charge is -2.34. The predicted octanol–water partition coefficient (Wildman–Crippen LogP) is -0.925. The molecule has 2 fully saturated rings. The van der Waals surface area contributed by atoms with Gasteiger partial charge in [0, 0.05) is 45.0 Å². The third-order valence-corrected chi connectivity index (χ3v) is 4.21. The summed E-state index contributed by atoms with van der Waals surface area (Å²) < 4.78 is 7.51. The van der Waals surface area contributed by atoms with Gasteiger partial charge in [0.05, 0.1) is 19.0 Å². The van der Waals surface area contributed by atoms with E-state index in [4.69, 9.17) is 19.7 Å². The maximum absolute atomic E-state index is 12.1. The van der Waals surface area contributed by atoms with Crippen molar-refractivity contribution in [2.24, 2.45) is 7.05 Å². The monoisotopic (exact) mass is 340 g/mol. The number of aliphatic hydroxyl groups is 1. The van der Waals surface area contributed by atoms with Gasteiger partial charge in [0.15, 0.2) is 0 Å². The predicted molar refractivity (Wildman–Crippen MR) is 84.6 cm³/mol. The molecule has 2 aliphatic heterocycles. The average molecular weight is 340 g/mol. The molecule has 134 valence electrons. The van der Waals surface area contributed by atoms with Gasteiger partial charge in [-0.25, -0.2) is 4.98 Å². The molecule has 1 amide bonds. The fourth-order valence-electron chi connectivity index (χ4n) is 3.16. The Morgan fingerprint density at radius 3 is 2.92 bits per heavy atom. The number of fused-ring (bicyclic) bond motifs is 1. The molecule has 3 atom stereocenters. The molecule has 0 spiro atoms. The van der Waals surface area contributed by atoms with Crippen molar-refractivity contribution < 1.29 is 24.5 Å². The first kappa shape index (κ1) is 18.4. The molecule has 0 aromatic carbocycles. The van der Waals surface area contributed by atoms with Crippen LogP contribution in [0.2, 0.25) is 0 Å². The van der Waals surface area contributed by atoms with E-state index >= 15 is 0 Å². The number of aliphatic hydroxyl groups excluding tert-OH is 1. The molecule has 1 aromatic heterocycles. The minimum atomic E-state index is -0.250. The number of carbonyl (C=O) groups is 2. The molecule has 2 aliphatic rings. The number of aryl methyl sites for hydroxylation is 1. The lowest BCUT2D eigenvalue weighted by molar-refractivity contribution is -0.122. The molecule has 9 heteroatoms. The average Bonchev–Trinajstić information content (AvgIpc) is 3.13. The summed E-state index contributed by atoms with van der Waals surface area (Å²) in [6.07, 6.45) is 5.04. The Kier molecular flexibility index (Phi) is 6.71. The number of amides is 1. The molecular weight excluding hydrogens is 316 g/mol. The summed E-state index contributed by atoms with van der Waals surface area (Å²) in [7, 11) is 1.85. The molecule has 3 heterocycles. The number of hydrogen-bond donors (Lipinski definition) is 3. The second-order valence-corrected chi connectivity index (χ2v) is 6.01. The van der Waals surface area contributed by atoms with Crippen LogP contribution in [-0.2, 0) is 16.6 Å². The molecule has 9 nitrogen and oxygen atoms in total. The third kappa shape index (κ3) is 4.76. The topological polar surface area (TPSA) is 117 Å². The Morgan fingerprint density at radius 1 is 1.54 bits per heavy atom. The van der Waals surface area contributed by atoms with Crippen LogP contribution in [0.4, 0.5) is 0 Å². The van der Waals surface area contributed by atoms with Gasteiger partial charge in [-0.15, -0.1) is 0 Å². The molecule has 0 aliphatic carbocycles. The zero-order chi connectivity index (χ0) is 17.5. The van der Waals surface area contributed by atoms with Gasteiger partial charge >= 0.3 is 0 Å². The summed E-state index contributed by atoms with van der Waals surface area (Å²) in [6, 6.07) is 0.509. The highest BCUT2D eigenvalue weighted by Crippen LogP contribution is 2.24. The number of imidazole rings is 1. The molecule has 0 saturated carbocycles. The Morgan fingerprint density at radius 2 is 2.29 bits per heavy atom. The number of carboxylic acid groups (broad SMARTS) is 1. The summed E-state index contributed by atoms with van der Waals surface area (Å²) in [5, 5.41) is 18.9. The van der Waals surface area contributed by atoms with Gasteiger partial charge < -0.3 is 24.8 Å². The van der Waals surface area contributed by atoms with Crippen LogP contribution in [0.3, 0.4) is 0 Å². The van der Waals surface area contributed by atoms with E-state index in [1.807, 2.05) is 7.05 Å². The number of morpholine rings is 1. The standard InChI is InChI=1S/C14H22N4O3.CH2O2/c1-17-7-13(15-9-17)14(20)16-10-4-11-8-21-12(2-3-19)6-18(11)5-10;2-1-3/h7,9-12,19H,2-6,8H2,1H3,(H,16,20);1H,(H,2,3)/t10-,11+,12+;/m1./s1. The van der Waals surface area contributed by atoms with Crippen LogP contribution in [0.15, 0.2) is 12.5 Å². The van der Waals surface area contributed by atoms with Crippen LogP contribution < -0.4 is 5.32 Å². The molecule has 1 aromatic rings. The van der Waals surface area contributed by atoms with Crippen molar-refractivity contribution in [2.75, 3.05) is 26.3 Å². The molecule has 0 radical (unpaired) electrons. The van der Waals surface area contributed by atoms with Gasteiger partial charge in [-0.05, 0) is 12.8 Å². The van der Waals surface area contributed by atoms with E-state index in [1.165, 1.54) is 0 Å². The summed E-state index contributed by atoms with van der Waals surface area (Å²) in [6.45, 7) is 2.26. The number of carbonyl (C=O) groups excluding carboxylic acids is 1. The highest BCUT2D eigenvalue weighted by atomic mass is 16.5. The van der Waals surface area contributed by atoms with Crippen LogP contribution in [0.25, 0.3) is 0 Å². The van der Waals surface area contributed by atoms with Crippen LogP contribution in [0.1, 0.15) is 23.3 Å². The summed E-state index contributed by atoms with van der Waals surface area (Å²) in [5.74, 6) is -0.117. The highest BCUT2D eigenvalue weighted by molar-refractivity contribution is 5.92. The van der Waals surface area contributed by atoms with E-state index in [0.717, 1.165) is 19.5 Å². The largest absolute Gasteiger partial charge is 0.483 e. The number of hydrogen-bond acceptors (Lipinski definition) is 6. The molecule has 24 heavy (non-hydrogen) atoms. The quantitative estimate of drug-likeness (QED) is 0.607. The zero-order valence-electron chi connectivity index (χ0n) is 13.7. The fourth-order valence-corrected chi connectivity index (χ4v) is 3.16. The van der Waals surface area contributed by atoms with Crippen LogP contribution in [0, 0.1) is 0 Å². The molecule has 3 N–H and O–H groups in total. The van der Waals surface area contributed by atoms with Gasteiger partial charge in [0.1, 0.15) is 5.69 Å². The lowest BCUT2D eigenvalue weighted by Crippen LogP contribution is -2.46. The van der Waals surface area contributed by atoms with Crippen molar-refractivity contribution in [2.45, 2.75) is 31.0 Å². The molecule has 0 unspecified atom stereocenters. The Bertz CT molecular complexity index is 550. The van der Waals surface area contributed by atoms with E-state index in [1.54, 1.807) is 17.1 Å². The van der Waals surface area contributed by atoms with E-state index in [-0.39, 0.29) is 31.1 Å². The summed E-state index contributed by atoms with van der Waals surface area (Å²) in [5.41, 5.74) is 0.455. The Hall–Kier alpha value is -1.97. The van der Waals surface area contributed by atoms with Crippen molar-refractivity contribution >= 4 is 12.4 Å². The van der Waals surface area contributed by atoms with Crippen molar-refractivity contribution in [3.63, 3.8) is 0 Å². The first-order chi connectivity index (χ1) is 11.6. The number of ether oxygens (including phenoxy) is 1. The smallest absolute Gasteiger partial charge is 0.290 e. The maximum atomic E-state index is 12.1. The third-order valence-electron chi connectivity index (χ3n) is 4.21. The number of aromatic nitrogens is 2. The Balaban J connectivity index is 0.000000647. The summed E-state index contributed by atoms with van der Waals surface area (Å²) >= 11 is 0. The SMILES string of the molecule is Cn1cnc(C(=O)N[C@@H]2C[C@H]3CO[C@@H](CCO)CN3C2)c1.O=CO. The highest BCUT2D eigenvalue weighted by Gasteiger charge is 2.37. The summed E-state index contributed by atoms with van der Waals surface area (Å²) in [4.78, 5) is 26.9. The lowest BCUT2D eigenvalue weighted by atomic mass is 10.1. The maximum Gasteiger partial charge on any atom is 0.290 e. The van der Waals surface area contributed by atoms with E-state index in [9.17, 15) is 4.79 Å². The molecular formula is C15H24N4O5. The number of nitrogens with zero attached hydrogens (tertiary/aromatic N) is 3. The van der Waals surface area contributed by atoms with Gasteiger partial charge in [0.2, 0.25) is 0 Å². The van der Waals surface area contributed by atoms with Crippen molar-refractivity contribution in [3.05, 3.63) is 18.2 Å². The van der Waals surface area contributed by atoms with Crippen molar-refractivity contribution in [1.29, 1.82) is 0 Å². The normalized spacial score (nSPS) is 26.2. The van der Waals surface area contributed by atoms with Crippen LogP contribution in [0.5, 0.6) is 0 Å². The van der Waals surface area contributed by atoms with E-state index < -0.39 is 0 Å². The van der Waals surface area contributed by atoms with Gasteiger partial charge in [-0.1, -0.05) is 0 Å². The molecule has 2 saturated heterocycles. The zero-order valence-corrected chi connectivity index (χ0v) is 13.7. The van der Waals surface area contributed by atoms with Gasteiger partial charge in [0.25, 0.3) is 12.4 Å². The first-order valence-electron chi connectivity index (χ1n) is 7.90. The second-order valence-electron chi connectivity index (χ2n) is 6.01. The van der Waals surface area contributed by atoms with Crippen LogP contribution in [-0.4, -0.2) is 81.5 Å². The van der Waals surface area contributed by atoms with Gasteiger partial charge in [-0.2, -0.15) is 0 Å². The minimum Gasteiger partial charge on any atom is -0.483 e. The van der Waals surface area contributed by atoms with Crippen molar-refractivity contribution in [1.82, 2.24) is 19.8 Å². The van der Waals surface area contributed by atoms with E-state index in [0.29, 0.717) is 24.8 Å².